The second-order valence-corrected chi connectivity index (χ2v) is 9.63. The van der Waals surface area contributed by atoms with E-state index in [1.165, 1.54) is 0 Å². The molecule has 10 heavy (non-hydrogen) atoms. The van der Waals surface area contributed by atoms with E-state index in [0.717, 1.165) is 0 Å². The molecule has 0 amide bonds. The zero-order valence-electron chi connectivity index (χ0n) is 6.81. The highest BCUT2D eigenvalue weighted by Crippen LogP contribution is 2.58. The molecule has 0 saturated heterocycles. The normalized spacial score (nSPS) is 26.8. The standard InChI is InChI=1S/C5H13N3P2/c1-9(2)6-5-7-10(3,4)8-9/h5H,1-4H3. The van der Waals surface area contributed by atoms with Crippen molar-refractivity contribution >= 4 is 20.7 Å². The quantitative estimate of drug-likeness (QED) is 0.510. The van der Waals surface area contributed by atoms with Gasteiger partial charge in [-0.25, -0.2) is 14.0 Å². The molecule has 0 radical (unpaired) electrons. The van der Waals surface area contributed by atoms with Crippen LogP contribution in [0.1, 0.15) is 0 Å². The third-order valence-corrected chi connectivity index (χ3v) is 5.95. The van der Waals surface area contributed by atoms with Crippen molar-refractivity contribution in [1.82, 2.24) is 0 Å². The summed E-state index contributed by atoms with van der Waals surface area (Å²) in [6.07, 6.45) is 1.70. The van der Waals surface area contributed by atoms with Crippen molar-refractivity contribution in [3.8, 4) is 0 Å². The van der Waals surface area contributed by atoms with Crippen LogP contribution in [0.15, 0.2) is 14.0 Å². The number of nitrogens with zero attached hydrogens (tertiary/aromatic N) is 3. The molecule has 0 fully saturated rings. The van der Waals surface area contributed by atoms with Gasteiger partial charge in [0.15, 0.2) is 0 Å². The molecule has 0 aromatic heterocycles. The Labute approximate surface area is 62.2 Å². The van der Waals surface area contributed by atoms with Crippen LogP contribution in [-0.2, 0) is 0 Å². The van der Waals surface area contributed by atoms with Gasteiger partial charge in [0.05, 0.1) is 14.4 Å². The minimum absolute atomic E-state index is 1.31. The summed E-state index contributed by atoms with van der Waals surface area (Å²) >= 11 is 0. The van der Waals surface area contributed by atoms with Crippen LogP contribution >= 0.6 is 14.4 Å². The molecule has 5 heteroatoms. The van der Waals surface area contributed by atoms with E-state index >= 15 is 0 Å². The molecule has 0 N–H and O–H groups in total. The van der Waals surface area contributed by atoms with Crippen molar-refractivity contribution in [2.75, 3.05) is 26.7 Å². The van der Waals surface area contributed by atoms with Crippen LogP contribution in [0, 0.1) is 0 Å². The molecular formula is C5H13N3P2. The highest BCUT2D eigenvalue weighted by atomic mass is 31.2. The zero-order valence-corrected chi connectivity index (χ0v) is 8.60. The molecule has 1 heterocycles. The van der Waals surface area contributed by atoms with E-state index in [-0.39, 0.29) is 0 Å². The van der Waals surface area contributed by atoms with Crippen LogP contribution in [0.2, 0.25) is 0 Å². The highest BCUT2D eigenvalue weighted by molar-refractivity contribution is 7.75. The topological polar surface area (TPSA) is 37.1 Å². The predicted octanol–water partition coefficient (Wildman–Crippen LogP) is 2.78. The van der Waals surface area contributed by atoms with Crippen LogP contribution in [0.5, 0.6) is 0 Å². The molecule has 0 aromatic rings. The number of hydrogen-bond donors (Lipinski definition) is 0. The van der Waals surface area contributed by atoms with Crippen molar-refractivity contribution in [3.63, 3.8) is 0 Å². The Kier molecular flexibility index (Phi) is 1.91. The smallest absolute Gasteiger partial charge is 0.116 e. The first kappa shape index (κ1) is 8.23. The SMILES string of the molecule is CP1(C)=NC=NP(C)(C)=N1. The Balaban J connectivity index is 3.21. The summed E-state index contributed by atoms with van der Waals surface area (Å²) in [6, 6.07) is 0. The van der Waals surface area contributed by atoms with Crippen LogP contribution < -0.4 is 0 Å². The van der Waals surface area contributed by atoms with Crippen molar-refractivity contribution in [1.29, 1.82) is 0 Å². The lowest BCUT2D eigenvalue weighted by Gasteiger charge is -2.17. The van der Waals surface area contributed by atoms with E-state index < -0.39 is 14.4 Å². The zero-order chi connectivity index (χ0) is 7.83. The van der Waals surface area contributed by atoms with Gasteiger partial charge in [-0.2, -0.15) is 0 Å². The number of hydrogen-bond acceptors (Lipinski definition) is 3. The summed E-state index contributed by atoms with van der Waals surface area (Å²) in [5.41, 5.74) is 0. The monoisotopic (exact) mass is 177 g/mol. The Hall–Kier alpha value is 0.130. The maximum absolute atomic E-state index is 4.60. The fourth-order valence-corrected chi connectivity index (χ4v) is 6.20. The molecule has 1 rings (SSSR count). The van der Waals surface area contributed by atoms with Gasteiger partial charge < -0.3 is 0 Å². The van der Waals surface area contributed by atoms with E-state index in [1.54, 1.807) is 6.34 Å². The molecule has 0 bridgehead atoms. The molecule has 3 nitrogen and oxygen atoms in total. The first-order chi connectivity index (χ1) is 4.41. The summed E-state index contributed by atoms with van der Waals surface area (Å²) in [4.78, 5) is 0. The second-order valence-electron chi connectivity index (χ2n) is 3.11. The molecule has 0 saturated carbocycles. The summed E-state index contributed by atoms with van der Waals surface area (Å²) in [6.45, 7) is 8.44. The lowest BCUT2D eigenvalue weighted by Crippen LogP contribution is -1.81. The van der Waals surface area contributed by atoms with Gasteiger partial charge >= 0.3 is 0 Å². The molecule has 0 spiro atoms. The highest BCUT2D eigenvalue weighted by Gasteiger charge is 2.11. The van der Waals surface area contributed by atoms with Crippen LogP contribution in [0.25, 0.3) is 0 Å². The van der Waals surface area contributed by atoms with Crippen molar-refractivity contribution < 1.29 is 0 Å². The maximum Gasteiger partial charge on any atom is 0.116 e. The van der Waals surface area contributed by atoms with Crippen LogP contribution in [0.4, 0.5) is 0 Å². The lowest BCUT2D eigenvalue weighted by atomic mass is 11.4. The first-order valence-electron chi connectivity index (χ1n) is 3.11. The fourth-order valence-electron chi connectivity index (χ4n) is 0.858. The Morgan fingerprint density at radius 3 is 1.90 bits per heavy atom. The molecule has 1 aliphatic rings. The van der Waals surface area contributed by atoms with Crippen LogP contribution in [0.3, 0.4) is 0 Å². The predicted molar refractivity (Wildman–Crippen MR) is 50.9 cm³/mol. The summed E-state index contributed by atoms with van der Waals surface area (Å²) in [7, 11) is -2.62. The Morgan fingerprint density at radius 2 is 1.60 bits per heavy atom. The molecule has 58 valence electrons. The van der Waals surface area contributed by atoms with Gasteiger partial charge in [-0.15, -0.1) is 0 Å². The molecule has 0 aliphatic carbocycles. The van der Waals surface area contributed by atoms with Crippen molar-refractivity contribution in [3.05, 3.63) is 0 Å². The average molecular weight is 177 g/mol. The fraction of sp³-hybridized carbons (Fsp3) is 0.800. The van der Waals surface area contributed by atoms with Gasteiger partial charge in [0.1, 0.15) is 6.34 Å². The van der Waals surface area contributed by atoms with Gasteiger partial charge in [0.25, 0.3) is 0 Å². The lowest BCUT2D eigenvalue weighted by molar-refractivity contribution is 1.60. The summed E-state index contributed by atoms with van der Waals surface area (Å²) < 4.78 is 13.1. The van der Waals surface area contributed by atoms with Crippen molar-refractivity contribution in [2.24, 2.45) is 14.0 Å². The molecule has 1 aliphatic heterocycles. The van der Waals surface area contributed by atoms with E-state index in [4.69, 9.17) is 0 Å². The van der Waals surface area contributed by atoms with Gasteiger partial charge in [0.2, 0.25) is 0 Å². The van der Waals surface area contributed by atoms with Crippen LogP contribution in [-0.4, -0.2) is 33.0 Å². The van der Waals surface area contributed by atoms with Crippen molar-refractivity contribution in [2.45, 2.75) is 0 Å². The maximum atomic E-state index is 4.60. The molecular weight excluding hydrogens is 164 g/mol. The van der Waals surface area contributed by atoms with E-state index in [1.807, 2.05) is 0 Å². The third-order valence-electron chi connectivity index (χ3n) is 1.11. The molecule has 0 unspecified atom stereocenters. The average Bonchev–Trinajstić information content (AvgIpc) is 1.56. The van der Waals surface area contributed by atoms with E-state index in [2.05, 4.69) is 40.7 Å². The van der Waals surface area contributed by atoms with Gasteiger partial charge in [0, 0.05) is 0 Å². The van der Waals surface area contributed by atoms with Gasteiger partial charge in [-0.3, -0.25) is 0 Å². The van der Waals surface area contributed by atoms with Gasteiger partial charge in [-0.05, 0) is 26.7 Å². The van der Waals surface area contributed by atoms with E-state index in [9.17, 15) is 0 Å². The summed E-state index contributed by atoms with van der Waals surface area (Å²) in [5, 5.41) is 0. The second kappa shape index (κ2) is 2.32. The van der Waals surface area contributed by atoms with Gasteiger partial charge in [-0.1, -0.05) is 0 Å². The molecule has 0 atom stereocenters. The third kappa shape index (κ3) is 2.07. The Bertz CT molecular complexity index is 257. The Morgan fingerprint density at radius 1 is 1.00 bits per heavy atom. The number of rotatable bonds is 0. The van der Waals surface area contributed by atoms with E-state index in [0.29, 0.717) is 0 Å². The largest absolute Gasteiger partial charge is 0.241 e. The first-order valence-corrected chi connectivity index (χ1v) is 8.28. The minimum atomic E-state index is -1.31. The minimum Gasteiger partial charge on any atom is -0.241 e. The summed E-state index contributed by atoms with van der Waals surface area (Å²) in [5.74, 6) is 0. The molecule has 0 aromatic carbocycles.